The lowest BCUT2D eigenvalue weighted by molar-refractivity contribution is -0.139. The Labute approximate surface area is 114 Å². The van der Waals surface area contributed by atoms with Crippen molar-refractivity contribution in [2.24, 2.45) is 0 Å². The third-order valence-electron chi connectivity index (χ3n) is 2.96. The summed E-state index contributed by atoms with van der Waals surface area (Å²) in [5.74, 6) is -2.38. The summed E-state index contributed by atoms with van der Waals surface area (Å²) in [4.78, 5) is 11.7. The monoisotopic (exact) mass is 292 g/mol. The number of aryl methyl sites for hydroxylation is 1. The van der Waals surface area contributed by atoms with Crippen molar-refractivity contribution in [2.75, 3.05) is 12.3 Å². The first-order chi connectivity index (χ1) is 9.15. The molecule has 3 N–H and O–H groups in total. The van der Waals surface area contributed by atoms with Gasteiger partial charge in [0.25, 0.3) is 0 Å². The van der Waals surface area contributed by atoms with Crippen molar-refractivity contribution in [1.82, 2.24) is 5.32 Å². The zero-order chi connectivity index (χ0) is 15.5. The molecule has 0 aromatic heterocycles. The van der Waals surface area contributed by atoms with E-state index in [0.29, 0.717) is 17.5 Å². The predicted octanol–water partition coefficient (Wildman–Crippen LogP) is 2.75. The summed E-state index contributed by atoms with van der Waals surface area (Å²) < 4.78 is 49.6. The number of nitrogens with one attached hydrogen (secondary N) is 1. The van der Waals surface area contributed by atoms with Crippen molar-refractivity contribution in [1.29, 1.82) is 0 Å². The quantitative estimate of drug-likeness (QED) is 0.662. The molecule has 20 heavy (non-hydrogen) atoms. The van der Waals surface area contributed by atoms with Gasteiger partial charge in [-0.25, -0.2) is 4.39 Å². The van der Waals surface area contributed by atoms with Crippen molar-refractivity contribution >= 4 is 11.6 Å². The predicted molar refractivity (Wildman–Crippen MR) is 67.7 cm³/mol. The van der Waals surface area contributed by atoms with Crippen LogP contribution in [0.1, 0.15) is 30.9 Å². The first-order valence-electron chi connectivity index (χ1n) is 6.08. The Morgan fingerprint density at radius 2 is 2.00 bits per heavy atom. The molecule has 0 heterocycles. The lowest BCUT2D eigenvalue weighted by Crippen LogP contribution is -2.36. The number of amides is 1. The number of alkyl halides is 3. The second-order valence-electron chi connectivity index (χ2n) is 4.48. The van der Waals surface area contributed by atoms with Gasteiger partial charge in [-0.1, -0.05) is 6.92 Å². The molecule has 0 saturated heterocycles. The molecule has 0 radical (unpaired) electrons. The van der Waals surface area contributed by atoms with Crippen LogP contribution in [-0.2, 0) is 11.2 Å². The van der Waals surface area contributed by atoms with E-state index in [9.17, 15) is 22.4 Å². The lowest BCUT2D eigenvalue weighted by Gasteiger charge is -2.17. The van der Waals surface area contributed by atoms with E-state index in [4.69, 9.17) is 5.73 Å². The summed E-state index contributed by atoms with van der Waals surface area (Å²) in [6.07, 6.45) is -3.98. The summed E-state index contributed by atoms with van der Waals surface area (Å²) in [6, 6.07) is 2.50. The zero-order valence-corrected chi connectivity index (χ0v) is 11.1. The van der Waals surface area contributed by atoms with Crippen LogP contribution in [0, 0.1) is 5.82 Å². The van der Waals surface area contributed by atoms with Gasteiger partial charge in [-0.2, -0.15) is 13.2 Å². The van der Waals surface area contributed by atoms with Crippen molar-refractivity contribution in [3.05, 3.63) is 29.1 Å². The van der Waals surface area contributed by atoms with Gasteiger partial charge in [-0.3, -0.25) is 4.79 Å². The summed E-state index contributed by atoms with van der Waals surface area (Å²) in [5.41, 5.74) is 6.37. The van der Waals surface area contributed by atoms with Gasteiger partial charge < -0.3 is 11.1 Å². The maximum absolute atomic E-state index is 13.5. The van der Waals surface area contributed by atoms with Crippen molar-refractivity contribution in [2.45, 2.75) is 32.4 Å². The van der Waals surface area contributed by atoms with E-state index in [1.54, 1.807) is 12.2 Å². The Bertz CT molecular complexity index is 500. The number of rotatable bonds is 4. The van der Waals surface area contributed by atoms with Gasteiger partial charge in [-0.05, 0) is 36.6 Å². The molecular formula is C13H16F4N2O. The molecule has 0 fully saturated rings. The van der Waals surface area contributed by atoms with Crippen molar-refractivity contribution < 1.29 is 22.4 Å². The molecule has 0 spiro atoms. The SMILES string of the molecule is CCc1cc(N)c(F)cc1[C@H](C)C(=O)NCC(F)(F)F. The minimum absolute atomic E-state index is 0.0477. The number of anilines is 1. The van der Waals surface area contributed by atoms with Crippen LogP contribution in [0.15, 0.2) is 12.1 Å². The van der Waals surface area contributed by atoms with Crippen LogP contribution in [0.3, 0.4) is 0 Å². The maximum atomic E-state index is 13.5. The molecule has 112 valence electrons. The average molecular weight is 292 g/mol. The van der Waals surface area contributed by atoms with Gasteiger partial charge in [0.1, 0.15) is 12.4 Å². The van der Waals surface area contributed by atoms with Crippen LogP contribution in [0.4, 0.5) is 23.2 Å². The summed E-state index contributed by atoms with van der Waals surface area (Å²) >= 11 is 0. The normalized spacial score (nSPS) is 13.1. The van der Waals surface area contributed by atoms with E-state index in [1.165, 1.54) is 13.0 Å². The Kier molecular flexibility index (Phi) is 4.97. The molecule has 1 aromatic rings. The van der Waals surface area contributed by atoms with E-state index < -0.39 is 30.4 Å². The molecule has 0 saturated carbocycles. The van der Waals surface area contributed by atoms with Crippen molar-refractivity contribution in [3.63, 3.8) is 0 Å². The number of carbonyl (C=O) groups is 1. The van der Waals surface area contributed by atoms with Crippen LogP contribution in [-0.4, -0.2) is 18.6 Å². The number of benzene rings is 1. The summed E-state index contributed by atoms with van der Waals surface area (Å²) in [7, 11) is 0. The van der Waals surface area contributed by atoms with E-state index in [1.807, 2.05) is 0 Å². The molecule has 0 aliphatic rings. The highest BCUT2D eigenvalue weighted by Crippen LogP contribution is 2.26. The molecule has 0 bridgehead atoms. The fourth-order valence-electron chi connectivity index (χ4n) is 1.84. The number of hydrogen-bond donors (Lipinski definition) is 2. The summed E-state index contributed by atoms with van der Waals surface area (Å²) in [6.45, 7) is 1.81. The third kappa shape index (κ3) is 4.11. The molecule has 3 nitrogen and oxygen atoms in total. The number of nitrogen functional groups attached to an aromatic ring is 1. The van der Waals surface area contributed by atoms with Crippen LogP contribution < -0.4 is 11.1 Å². The Morgan fingerprint density at radius 1 is 1.40 bits per heavy atom. The topological polar surface area (TPSA) is 55.1 Å². The maximum Gasteiger partial charge on any atom is 0.405 e. The minimum Gasteiger partial charge on any atom is -0.396 e. The molecule has 0 aliphatic carbocycles. The molecular weight excluding hydrogens is 276 g/mol. The number of hydrogen-bond acceptors (Lipinski definition) is 2. The minimum atomic E-state index is -4.48. The number of halogens is 4. The molecule has 0 aliphatic heterocycles. The highest BCUT2D eigenvalue weighted by molar-refractivity contribution is 5.83. The zero-order valence-electron chi connectivity index (χ0n) is 11.1. The van der Waals surface area contributed by atoms with E-state index in [2.05, 4.69) is 0 Å². The molecule has 1 rings (SSSR count). The molecule has 1 atom stereocenters. The Hall–Kier alpha value is -1.79. The Balaban J connectivity index is 2.94. The van der Waals surface area contributed by atoms with Crippen molar-refractivity contribution in [3.8, 4) is 0 Å². The highest BCUT2D eigenvalue weighted by atomic mass is 19.4. The second kappa shape index (κ2) is 6.11. The largest absolute Gasteiger partial charge is 0.405 e. The number of nitrogens with two attached hydrogens (primary N) is 1. The third-order valence-corrected chi connectivity index (χ3v) is 2.96. The average Bonchev–Trinajstić information content (AvgIpc) is 2.36. The molecule has 0 unspecified atom stereocenters. The first-order valence-corrected chi connectivity index (χ1v) is 6.08. The smallest absolute Gasteiger partial charge is 0.396 e. The van der Waals surface area contributed by atoms with Crippen LogP contribution >= 0.6 is 0 Å². The first kappa shape index (κ1) is 16.3. The van der Waals surface area contributed by atoms with Gasteiger partial charge in [0.2, 0.25) is 5.91 Å². The highest BCUT2D eigenvalue weighted by Gasteiger charge is 2.29. The molecule has 7 heteroatoms. The van der Waals surface area contributed by atoms with Crippen LogP contribution in [0.25, 0.3) is 0 Å². The fraction of sp³-hybridized carbons (Fsp3) is 0.462. The van der Waals surface area contributed by atoms with Gasteiger partial charge in [-0.15, -0.1) is 0 Å². The van der Waals surface area contributed by atoms with Gasteiger partial charge in [0, 0.05) is 0 Å². The second-order valence-corrected chi connectivity index (χ2v) is 4.48. The van der Waals surface area contributed by atoms with Gasteiger partial charge in [0.05, 0.1) is 11.6 Å². The lowest BCUT2D eigenvalue weighted by atomic mass is 9.93. The van der Waals surface area contributed by atoms with Gasteiger partial charge in [0.15, 0.2) is 0 Å². The van der Waals surface area contributed by atoms with E-state index >= 15 is 0 Å². The van der Waals surface area contributed by atoms with Crippen LogP contribution in [0.2, 0.25) is 0 Å². The van der Waals surface area contributed by atoms with Crippen LogP contribution in [0.5, 0.6) is 0 Å². The van der Waals surface area contributed by atoms with Gasteiger partial charge >= 0.3 is 6.18 Å². The Morgan fingerprint density at radius 3 is 2.50 bits per heavy atom. The fourth-order valence-corrected chi connectivity index (χ4v) is 1.84. The molecule has 1 amide bonds. The van der Waals surface area contributed by atoms with E-state index in [0.717, 1.165) is 6.07 Å². The standard InChI is InChI=1S/C13H16F4N2O/c1-3-8-4-11(18)10(14)5-9(8)7(2)12(20)19-6-13(15,16)17/h4-5,7H,3,6,18H2,1-2H3,(H,19,20)/t7-/m0/s1. The molecule has 1 aromatic carbocycles. The summed E-state index contributed by atoms with van der Waals surface area (Å²) in [5, 5.41) is 1.79. The van der Waals surface area contributed by atoms with E-state index in [-0.39, 0.29) is 5.69 Å². The number of carbonyl (C=O) groups excluding carboxylic acids is 1.